The van der Waals surface area contributed by atoms with Gasteiger partial charge < -0.3 is 5.32 Å². The van der Waals surface area contributed by atoms with Gasteiger partial charge in [-0.25, -0.2) is 35.1 Å². The number of hydrogen-bond donors (Lipinski definition) is 3. The minimum atomic E-state index is -4.06. The zero-order valence-electron chi connectivity index (χ0n) is 15.2. The number of primary sulfonamides is 1. The van der Waals surface area contributed by atoms with Crippen LogP contribution in [-0.2, 0) is 29.9 Å². The van der Waals surface area contributed by atoms with Gasteiger partial charge in [0.15, 0.2) is 9.84 Å². The van der Waals surface area contributed by atoms with E-state index in [4.69, 9.17) is 5.14 Å². The summed E-state index contributed by atoms with van der Waals surface area (Å²) in [7, 11) is -11.5. The van der Waals surface area contributed by atoms with E-state index in [0.717, 1.165) is 17.9 Å². The van der Waals surface area contributed by atoms with E-state index >= 15 is 0 Å². The van der Waals surface area contributed by atoms with Crippen LogP contribution in [0, 0.1) is 6.92 Å². The van der Waals surface area contributed by atoms with Crippen LogP contribution in [-0.4, -0.2) is 44.6 Å². The highest BCUT2D eigenvalue weighted by molar-refractivity contribution is 7.91. The number of rotatable bonds is 8. The normalized spacial score (nSPS) is 12.7. The Kier molecular flexibility index (Phi) is 6.51. The first-order valence-electron chi connectivity index (χ1n) is 7.98. The Morgan fingerprint density at radius 3 is 1.96 bits per heavy atom. The third kappa shape index (κ3) is 5.75. The van der Waals surface area contributed by atoms with Crippen LogP contribution in [0.25, 0.3) is 0 Å². The Balaban J connectivity index is 2.11. The summed E-state index contributed by atoms with van der Waals surface area (Å²) in [6, 6.07) is 9.73. The molecule has 0 radical (unpaired) electrons. The van der Waals surface area contributed by atoms with E-state index in [0.29, 0.717) is 0 Å². The van der Waals surface area contributed by atoms with Crippen molar-refractivity contribution in [2.75, 3.05) is 24.7 Å². The number of benzene rings is 2. The lowest BCUT2D eigenvalue weighted by Gasteiger charge is -2.13. The predicted octanol–water partition coefficient (Wildman–Crippen LogP) is 0.436. The Morgan fingerprint density at radius 2 is 1.43 bits per heavy atom. The zero-order valence-corrected chi connectivity index (χ0v) is 17.7. The van der Waals surface area contributed by atoms with Gasteiger partial charge in [0.25, 0.3) is 0 Å². The first-order valence-corrected chi connectivity index (χ1v) is 12.9. The average Bonchev–Trinajstić information content (AvgIpc) is 2.57. The second kappa shape index (κ2) is 8.17. The van der Waals surface area contributed by atoms with Gasteiger partial charge in [-0.3, -0.25) is 0 Å². The molecule has 0 aliphatic heterocycles. The van der Waals surface area contributed by atoms with E-state index in [1.165, 1.54) is 24.3 Å². The molecule has 0 amide bonds. The van der Waals surface area contributed by atoms with Crippen LogP contribution in [0.15, 0.2) is 57.2 Å². The third-order valence-electron chi connectivity index (χ3n) is 3.74. The lowest BCUT2D eigenvalue weighted by Crippen LogP contribution is -2.29. The van der Waals surface area contributed by atoms with Crippen LogP contribution in [0.2, 0.25) is 0 Å². The van der Waals surface area contributed by atoms with Crippen molar-refractivity contribution < 1.29 is 25.3 Å². The fourth-order valence-electron chi connectivity index (χ4n) is 2.32. The van der Waals surface area contributed by atoms with Gasteiger partial charge in [0.1, 0.15) is 0 Å². The molecule has 0 aromatic heterocycles. The highest BCUT2D eigenvalue weighted by atomic mass is 32.2. The van der Waals surface area contributed by atoms with Crippen LogP contribution in [0.5, 0.6) is 0 Å². The van der Waals surface area contributed by atoms with Crippen molar-refractivity contribution in [3.8, 4) is 0 Å². The molecule has 28 heavy (non-hydrogen) atoms. The Hall–Kier alpha value is -1.99. The average molecular weight is 448 g/mol. The largest absolute Gasteiger partial charge is 0.383 e. The summed E-state index contributed by atoms with van der Waals surface area (Å²) in [5.74, 6) is 0. The first kappa shape index (κ1) is 22.3. The summed E-state index contributed by atoms with van der Waals surface area (Å²) < 4.78 is 73.6. The van der Waals surface area contributed by atoms with E-state index in [9.17, 15) is 25.3 Å². The summed E-state index contributed by atoms with van der Waals surface area (Å²) in [4.78, 5) is -0.466. The molecule has 0 bridgehead atoms. The van der Waals surface area contributed by atoms with Crippen LogP contribution in [0.3, 0.4) is 0 Å². The Bertz CT molecular complexity index is 1170. The van der Waals surface area contributed by atoms with E-state index in [1.54, 1.807) is 12.1 Å². The standard InChI is InChI=1S/C16H21N3O6S3/c1-12-3-5-13(6-4-12)28(24,25)19-10-9-18-15-8-7-14(27(17,22)23)11-16(15)26(2,20)21/h3-8,11,18-19H,9-10H2,1-2H3,(H2,17,22,23). The molecule has 0 fully saturated rings. The molecular weight excluding hydrogens is 426 g/mol. The van der Waals surface area contributed by atoms with E-state index in [1.807, 2.05) is 6.92 Å². The first-order chi connectivity index (χ1) is 12.8. The summed E-state index contributed by atoms with van der Waals surface area (Å²) in [6.07, 6.45) is 0.931. The van der Waals surface area contributed by atoms with E-state index in [-0.39, 0.29) is 33.5 Å². The van der Waals surface area contributed by atoms with Gasteiger partial charge in [-0.2, -0.15) is 0 Å². The molecule has 2 rings (SSSR count). The highest BCUT2D eigenvalue weighted by Gasteiger charge is 2.18. The molecule has 0 spiro atoms. The smallest absolute Gasteiger partial charge is 0.240 e. The highest BCUT2D eigenvalue weighted by Crippen LogP contribution is 2.24. The molecule has 0 saturated heterocycles. The quantitative estimate of drug-likeness (QED) is 0.496. The fraction of sp³-hybridized carbons (Fsp3) is 0.250. The maximum Gasteiger partial charge on any atom is 0.240 e. The van der Waals surface area contributed by atoms with Crippen molar-refractivity contribution in [1.82, 2.24) is 4.72 Å². The van der Waals surface area contributed by atoms with Gasteiger partial charge in [-0.1, -0.05) is 17.7 Å². The lowest BCUT2D eigenvalue weighted by molar-refractivity contribution is 0.582. The zero-order chi connectivity index (χ0) is 21.2. The molecule has 4 N–H and O–H groups in total. The maximum atomic E-state index is 12.2. The van der Waals surface area contributed by atoms with Crippen molar-refractivity contribution >= 4 is 35.6 Å². The number of anilines is 1. The minimum absolute atomic E-state index is 0.0175. The van der Waals surface area contributed by atoms with Crippen molar-refractivity contribution in [2.45, 2.75) is 21.6 Å². The number of hydrogen-bond acceptors (Lipinski definition) is 7. The molecule has 2 aromatic rings. The number of nitrogens with two attached hydrogens (primary N) is 1. The van der Waals surface area contributed by atoms with Gasteiger partial charge in [0.2, 0.25) is 20.0 Å². The van der Waals surface area contributed by atoms with Crippen LogP contribution >= 0.6 is 0 Å². The monoisotopic (exact) mass is 447 g/mol. The minimum Gasteiger partial charge on any atom is -0.383 e. The van der Waals surface area contributed by atoms with Gasteiger partial charge in [-0.15, -0.1) is 0 Å². The second-order valence-corrected chi connectivity index (χ2v) is 11.4. The van der Waals surface area contributed by atoms with Crippen LogP contribution in [0.4, 0.5) is 5.69 Å². The molecule has 9 nitrogen and oxygen atoms in total. The summed E-state index contributed by atoms with van der Waals surface area (Å²) >= 11 is 0. The van der Waals surface area contributed by atoms with Gasteiger partial charge in [0.05, 0.1) is 20.4 Å². The topological polar surface area (TPSA) is 152 Å². The van der Waals surface area contributed by atoms with Crippen LogP contribution in [0.1, 0.15) is 5.56 Å². The molecular formula is C16H21N3O6S3. The van der Waals surface area contributed by atoms with Crippen molar-refractivity contribution in [3.05, 3.63) is 48.0 Å². The van der Waals surface area contributed by atoms with E-state index in [2.05, 4.69) is 10.0 Å². The summed E-state index contributed by atoms with van der Waals surface area (Å²) in [6.45, 7) is 1.90. The maximum absolute atomic E-state index is 12.2. The van der Waals surface area contributed by atoms with Crippen LogP contribution < -0.4 is 15.2 Å². The summed E-state index contributed by atoms with van der Waals surface area (Å²) in [5.41, 5.74) is 1.07. The number of sulfone groups is 1. The molecule has 154 valence electrons. The van der Waals surface area contributed by atoms with Gasteiger partial charge in [0, 0.05) is 19.3 Å². The lowest BCUT2D eigenvalue weighted by atomic mass is 10.2. The SMILES string of the molecule is Cc1ccc(S(=O)(=O)NCCNc2ccc(S(N)(=O)=O)cc2S(C)(=O)=O)cc1. The number of aryl methyl sites for hydroxylation is 1. The number of sulfonamides is 2. The molecule has 0 heterocycles. The number of nitrogens with one attached hydrogen (secondary N) is 2. The van der Waals surface area contributed by atoms with Crippen molar-refractivity contribution in [1.29, 1.82) is 0 Å². The molecule has 0 aliphatic carbocycles. The molecule has 0 atom stereocenters. The molecule has 12 heteroatoms. The predicted molar refractivity (Wildman–Crippen MR) is 106 cm³/mol. The van der Waals surface area contributed by atoms with Gasteiger partial charge in [-0.05, 0) is 37.3 Å². The van der Waals surface area contributed by atoms with Crippen molar-refractivity contribution in [2.24, 2.45) is 5.14 Å². The third-order valence-corrected chi connectivity index (χ3v) is 7.27. The fourth-order valence-corrected chi connectivity index (χ4v) is 4.84. The second-order valence-electron chi connectivity index (χ2n) is 6.11. The van der Waals surface area contributed by atoms with E-state index < -0.39 is 29.9 Å². The Morgan fingerprint density at radius 1 is 0.857 bits per heavy atom. The van der Waals surface area contributed by atoms with Gasteiger partial charge >= 0.3 is 0 Å². The molecule has 0 saturated carbocycles. The molecule has 2 aromatic carbocycles. The Labute approximate surface area is 165 Å². The summed E-state index contributed by atoms with van der Waals surface area (Å²) in [5, 5.41) is 7.82. The molecule has 0 aliphatic rings. The van der Waals surface area contributed by atoms with Crippen molar-refractivity contribution in [3.63, 3.8) is 0 Å². The molecule has 0 unspecified atom stereocenters.